The second-order valence-corrected chi connectivity index (χ2v) is 5.61. The fourth-order valence-electron chi connectivity index (χ4n) is 2.41. The Morgan fingerprint density at radius 1 is 1.40 bits per heavy atom. The molecule has 2 aromatic heterocycles. The SMILES string of the molecule is O=c1[nH]c(=S)[nH]c2c1CN(Cc1ccc(Cl)nc1)CC2. The Labute approximate surface area is 125 Å². The van der Waals surface area contributed by atoms with Crippen molar-refractivity contribution in [3.63, 3.8) is 0 Å². The molecule has 1 aliphatic rings. The molecule has 0 aliphatic carbocycles. The van der Waals surface area contributed by atoms with Crippen LogP contribution >= 0.6 is 23.8 Å². The van der Waals surface area contributed by atoms with Gasteiger partial charge in [0, 0.05) is 37.9 Å². The van der Waals surface area contributed by atoms with Crippen molar-refractivity contribution in [1.82, 2.24) is 19.9 Å². The topological polar surface area (TPSA) is 64.8 Å². The maximum absolute atomic E-state index is 11.9. The molecule has 0 unspecified atom stereocenters. The molecule has 2 aromatic rings. The molecule has 0 aromatic carbocycles. The first kappa shape index (κ1) is 13.5. The summed E-state index contributed by atoms with van der Waals surface area (Å²) in [4.78, 5) is 23.9. The molecule has 104 valence electrons. The quantitative estimate of drug-likeness (QED) is 0.658. The van der Waals surface area contributed by atoms with Crippen LogP contribution in [0, 0.1) is 4.77 Å². The number of hydrogen-bond acceptors (Lipinski definition) is 4. The zero-order valence-corrected chi connectivity index (χ0v) is 12.2. The van der Waals surface area contributed by atoms with E-state index in [9.17, 15) is 4.79 Å². The summed E-state index contributed by atoms with van der Waals surface area (Å²) in [6.45, 7) is 2.24. The Morgan fingerprint density at radius 2 is 2.25 bits per heavy atom. The molecule has 3 heterocycles. The van der Waals surface area contributed by atoms with Crippen LogP contribution in [0.25, 0.3) is 0 Å². The molecule has 7 heteroatoms. The fraction of sp³-hybridized carbons (Fsp3) is 0.308. The maximum Gasteiger partial charge on any atom is 0.256 e. The maximum atomic E-state index is 11.9. The van der Waals surface area contributed by atoms with E-state index in [1.165, 1.54) is 0 Å². The number of fused-ring (bicyclic) bond motifs is 1. The molecule has 2 N–H and O–H groups in total. The summed E-state index contributed by atoms with van der Waals surface area (Å²) in [5.74, 6) is 0. The number of pyridine rings is 1. The highest BCUT2D eigenvalue weighted by Crippen LogP contribution is 2.16. The Morgan fingerprint density at radius 3 is 3.00 bits per heavy atom. The van der Waals surface area contributed by atoms with Crippen molar-refractivity contribution in [2.75, 3.05) is 6.54 Å². The van der Waals surface area contributed by atoms with Gasteiger partial charge >= 0.3 is 0 Å². The minimum atomic E-state index is -0.0947. The Hall–Kier alpha value is -1.50. The zero-order valence-electron chi connectivity index (χ0n) is 10.6. The molecule has 3 rings (SSSR count). The summed E-state index contributed by atoms with van der Waals surface area (Å²) in [7, 11) is 0. The zero-order chi connectivity index (χ0) is 14.1. The summed E-state index contributed by atoms with van der Waals surface area (Å²) in [5.41, 5.74) is 2.71. The van der Waals surface area contributed by atoms with Crippen molar-refractivity contribution in [3.05, 3.63) is 55.4 Å². The van der Waals surface area contributed by atoms with Gasteiger partial charge in [0.2, 0.25) is 0 Å². The van der Waals surface area contributed by atoms with Gasteiger partial charge in [-0.3, -0.25) is 14.7 Å². The number of nitrogens with zero attached hydrogens (tertiary/aromatic N) is 2. The lowest BCUT2D eigenvalue weighted by Crippen LogP contribution is -2.35. The molecular formula is C13H13ClN4OS. The molecule has 0 bridgehead atoms. The number of rotatable bonds is 2. The lowest BCUT2D eigenvalue weighted by atomic mass is 10.1. The number of hydrogen-bond donors (Lipinski definition) is 2. The lowest BCUT2D eigenvalue weighted by Gasteiger charge is -2.27. The molecule has 1 aliphatic heterocycles. The van der Waals surface area contributed by atoms with Crippen LogP contribution in [-0.2, 0) is 19.5 Å². The fourth-order valence-corrected chi connectivity index (χ4v) is 2.73. The standard InChI is InChI=1S/C13H13ClN4OS/c14-11-2-1-8(5-15-11)6-18-4-3-10-9(7-18)12(19)17-13(20)16-10/h1-2,5H,3-4,6-7H2,(H2,16,17,19,20). The average molecular weight is 309 g/mol. The first-order valence-electron chi connectivity index (χ1n) is 6.29. The molecule has 0 radical (unpaired) electrons. The van der Waals surface area contributed by atoms with E-state index in [1.54, 1.807) is 12.3 Å². The molecule has 0 amide bonds. The van der Waals surface area contributed by atoms with Gasteiger partial charge in [0.15, 0.2) is 4.77 Å². The van der Waals surface area contributed by atoms with Crippen LogP contribution < -0.4 is 5.56 Å². The average Bonchev–Trinajstić information content (AvgIpc) is 2.42. The van der Waals surface area contributed by atoms with Gasteiger partial charge in [-0.05, 0) is 23.8 Å². The first-order valence-corrected chi connectivity index (χ1v) is 7.07. The molecule has 0 atom stereocenters. The third kappa shape index (κ3) is 2.82. The van der Waals surface area contributed by atoms with Gasteiger partial charge in [0.1, 0.15) is 5.15 Å². The minimum absolute atomic E-state index is 0.0947. The van der Waals surface area contributed by atoms with Crippen LogP contribution in [0.1, 0.15) is 16.8 Å². The van der Waals surface area contributed by atoms with Crippen molar-refractivity contribution in [2.24, 2.45) is 0 Å². The Bertz CT molecular complexity index is 737. The molecular weight excluding hydrogens is 296 g/mol. The van der Waals surface area contributed by atoms with E-state index < -0.39 is 0 Å². The molecule has 0 saturated carbocycles. The summed E-state index contributed by atoms with van der Waals surface area (Å²) in [6.07, 6.45) is 2.56. The highest BCUT2D eigenvalue weighted by atomic mass is 35.5. The van der Waals surface area contributed by atoms with Crippen LogP contribution in [0.5, 0.6) is 0 Å². The van der Waals surface area contributed by atoms with E-state index in [0.29, 0.717) is 16.5 Å². The number of aromatic amines is 2. The highest BCUT2D eigenvalue weighted by molar-refractivity contribution is 7.71. The minimum Gasteiger partial charge on any atom is -0.335 e. The number of H-pyrrole nitrogens is 2. The Balaban J connectivity index is 1.80. The molecule has 0 saturated heterocycles. The van der Waals surface area contributed by atoms with Crippen LogP contribution in [0.4, 0.5) is 0 Å². The monoisotopic (exact) mass is 308 g/mol. The van der Waals surface area contributed by atoms with E-state index in [-0.39, 0.29) is 5.56 Å². The predicted octanol–water partition coefficient (Wildman–Crippen LogP) is 2.04. The summed E-state index contributed by atoms with van der Waals surface area (Å²) in [5, 5.41) is 0.488. The van der Waals surface area contributed by atoms with Crippen LogP contribution in [0.2, 0.25) is 5.15 Å². The molecule has 5 nitrogen and oxygen atoms in total. The van der Waals surface area contributed by atoms with Gasteiger partial charge in [-0.25, -0.2) is 4.98 Å². The third-order valence-electron chi connectivity index (χ3n) is 3.38. The Kier molecular flexibility index (Phi) is 3.69. The van der Waals surface area contributed by atoms with E-state index in [0.717, 1.165) is 36.3 Å². The van der Waals surface area contributed by atoms with Crippen molar-refractivity contribution >= 4 is 23.8 Å². The molecule has 0 fully saturated rings. The highest BCUT2D eigenvalue weighted by Gasteiger charge is 2.19. The van der Waals surface area contributed by atoms with E-state index in [2.05, 4.69) is 19.9 Å². The van der Waals surface area contributed by atoms with Gasteiger partial charge in [0.05, 0.1) is 5.56 Å². The van der Waals surface area contributed by atoms with E-state index in [4.69, 9.17) is 23.8 Å². The van der Waals surface area contributed by atoms with Crippen molar-refractivity contribution in [3.8, 4) is 0 Å². The van der Waals surface area contributed by atoms with Crippen LogP contribution in [0.15, 0.2) is 23.1 Å². The van der Waals surface area contributed by atoms with Gasteiger partial charge in [-0.1, -0.05) is 17.7 Å². The smallest absolute Gasteiger partial charge is 0.256 e. The molecule has 0 spiro atoms. The third-order valence-corrected chi connectivity index (χ3v) is 3.81. The molecule has 20 heavy (non-hydrogen) atoms. The predicted molar refractivity (Wildman–Crippen MR) is 79.3 cm³/mol. The van der Waals surface area contributed by atoms with Gasteiger partial charge in [-0.2, -0.15) is 0 Å². The summed E-state index contributed by atoms with van der Waals surface area (Å²) < 4.78 is 0.393. The summed E-state index contributed by atoms with van der Waals surface area (Å²) in [6, 6.07) is 3.73. The van der Waals surface area contributed by atoms with Crippen LogP contribution in [0.3, 0.4) is 0 Å². The second-order valence-electron chi connectivity index (χ2n) is 4.82. The largest absolute Gasteiger partial charge is 0.335 e. The van der Waals surface area contributed by atoms with Gasteiger partial charge in [-0.15, -0.1) is 0 Å². The van der Waals surface area contributed by atoms with Gasteiger partial charge in [0.25, 0.3) is 5.56 Å². The normalized spacial score (nSPS) is 15.1. The summed E-state index contributed by atoms with van der Waals surface area (Å²) >= 11 is 10.8. The van der Waals surface area contributed by atoms with Crippen molar-refractivity contribution in [1.29, 1.82) is 0 Å². The van der Waals surface area contributed by atoms with E-state index >= 15 is 0 Å². The van der Waals surface area contributed by atoms with Crippen LogP contribution in [-0.4, -0.2) is 26.4 Å². The van der Waals surface area contributed by atoms with E-state index in [1.807, 2.05) is 6.07 Å². The first-order chi connectivity index (χ1) is 9.61. The second kappa shape index (κ2) is 5.47. The van der Waals surface area contributed by atoms with Crippen molar-refractivity contribution in [2.45, 2.75) is 19.5 Å². The van der Waals surface area contributed by atoms with Gasteiger partial charge < -0.3 is 4.98 Å². The van der Waals surface area contributed by atoms with Crippen molar-refractivity contribution < 1.29 is 0 Å². The lowest BCUT2D eigenvalue weighted by molar-refractivity contribution is 0.241. The number of aromatic nitrogens is 3. The number of halogens is 1. The number of nitrogens with one attached hydrogen (secondary N) is 2.